The van der Waals surface area contributed by atoms with Crippen molar-refractivity contribution in [2.45, 2.75) is 58.2 Å². The fourth-order valence-electron chi connectivity index (χ4n) is 2.88. The molecular weight excluding hydrogens is 328 g/mol. The molecule has 0 unspecified atom stereocenters. The number of likely N-dealkylation sites (N-methyl/N-ethyl adjacent to an activating group) is 1. The highest BCUT2D eigenvalue weighted by Crippen LogP contribution is 2.26. The highest BCUT2D eigenvalue weighted by atomic mass is 32.1. The lowest BCUT2D eigenvalue weighted by Gasteiger charge is -2.42. The van der Waals surface area contributed by atoms with Gasteiger partial charge < -0.3 is 15.7 Å². The number of rotatable bonds is 7. The van der Waals surface area contributed by atoms with Gasteiger partial charge in [-0.2, -0.15) is 0 Å². The molecule has 7 nitrogen and oxygen atoms in total. The van der Waals surface area contributed by atoms with Crippen LogP contribution in [0.3, 0.4) is 0 Å². The van der Waals surface area contributed by atoms with Gasteiger partial charge in [0.25, 0.3) is 0 Å². The molecule has 0 aromatic carbocycles. The van der Waals surface area contributed by atoms with Gasteiger partial charge in [-0.25, -0.2) is 9.78 Å². The zero-order valence-electron chi connectivity index (χ0n) is 14.6. The number of hydrogen-bond donors (Lipinski definition) is 3. The first-order valence-electron chi connectivity index (χ1n) is 8.18. The number of amides is 2. The summed E-state index contributed by atoms with van der Waals surface area (Å²) in [5, 5.41) is 17.7. The molecule has 0 bridgehead atoms. The molecule has 0 spiro atoms. The lowest BCUT2D eigenvalue weighted by molar-refractivity contribution is -0.139. The van der Waals surface area contributed by atoms with E-state index >= 15 is 0 Å². The molecular formula is C16H26N4O3S. The third-order valence-electron chi connectivity index (χ3n) is 4.29. The maximum absolute atomic E-state index is 12.2. The van der Waals surface area contributed by atoms with Crippen LogP contribution >= 0.6 is 11.3 Å². The van der Waals surface area contributed by atoms with Gasteiger partial charge >= 0.3 is 12.0 Å². The number of thiazole rings is 1. The summed E-state index contributed by atoms with van der Waals surface area (Å²) in [6, 6.07) is 0.107. The zero-order chi connectivity index (χ0) is 17.9. The summed E-state index contributed by atoms with van der Waals surface area (Å²) in [6.45, 7) is 8.50. The Morgan fingerprint density at radius 2 is 2.12 bits per heavy atom. The van der Waals surface area contributed by atoms with Crippen LogP contribution in [-0.4, -0.2) is 52.2 Å². The topological polar surface area (TPSA) is 94.6 Å². The molecule has 1 fully saturated rings. The molecule has 1 heterocycles. The van der Waals surface area contributed by atoms with Crippen LogP contribution in [0.4, 0.5) is 4.79 Å². The van der Waals surface area contributed by atoms with Crippen molar-refractivity contribution >= 4 is 23.3 Å². The molecule has 3 N–H and O–H groups in total. The van der Waals surface area contributed by atoms with E-state index in [0.29, 0.717) is 6.54 Å². The number of carbonyl (C=O) groups is 2. The molecule has 0 atom stereocenters. The second-order valence-corrected chi connectivity index (χ2v) is 7.65. The Labute approximate surface area is 146 Å². The summed E-state index contributed by atoms with van der Waals surface area (Å²) < 4.78 is 0. The molecule has 2 amide bonds. The van der Waals surface area contributed by atoms with Crippen LogP contribution in [-0.2, 0) is 10.3 Å². The Bertz CT molecular complexity index is 596. The predicted molar refractivity (Wildman–Crippen MR) is 93.2 cm³/mol. The first-order valence-corrected chi connectivity index (χ1v) is 9.06. The Balaban J connectivity index is 1.79. The van der Waals surface area contributed by atoms with Gasteiger partial charge in [-0.3, -0.25) is 9.69 Å². The first kappa shape index (κ1) is 18.7. The SMILES string of the molecule is CCN(CC(=O)O)C1CC(NC(=O)NC(C)(C)c2nc(C)cs2)C1. The van der Waals surface area contributed by atoms with Gasteiger partial charge in [0.15, 0.2) is 0 Å². The predicted octanol–water partition coefficient (Wildman–Crippen LogP) is 1.92. The van der Waals surface area contributed by atoms with Crippen molar-refractivity contribution < 1.29 is 14.7 Å². The van der Waals surface area contributed by atoms with E-state index in [1.807, 2.05) is 38.0 Å². The average Bonchev–Trinajstić information content (AvgIpc) is 2.87. The minimum Gasteiger partial charge on any atom is -0.480 e. The van der Waals surface area contributed by atoms with E-state index in [9.17, 15) is 9.59 Å². The highest BCUT2D eigenvalue weighted by molar-refractivity contribution is 7.09. The summed E-state index contributed by atoms with van der Waals surface area (Å²) >= 11 is 1.53. The third kappa shape index (κ3) is 4.67. The van der Waals surface area contributed by atoms with Crippen molar-refractivity contribution in [2.24, 2.45) is 0 Å². The fraction of sp³-hybridized carbons (Fsp3) is 0.688. The van der Waals surface area contributed by atoms with Crippen LogP contribution in [0.2, 0.25) is 0 Å². The van der Waals surface area contributed by atoms with Crippen molar-refractivity contribution in [3.8, 4) is 0 Å². The van der Waals surface area contributed by atoms with E-state index in [2.05, 4.69) is 15.6 Å². The largest absolute Gasteiger partial charge is 0.480 e. The quantitative estimate of drug-likeness (QED) is 0.695. The maximum Gasteiger partial charge on any atom is 0.317 e. The highest BCUT2D eigenvalue weighted by Gasteiger charge is 2.35. The smallest absolute Gasteiger partial charge is 0.317 e. The van der Waals surface area contributed by atoms with Crippen molar-refractivity contribution in [3.63, 3.8) is 0 Å². The molecule has 1 aliphatic carbocycles. The summed E-state index contributed by atoms with van der Waals surface area (Å²) in [6.07, 6.45) is 1.57. The summed E-state index contributed by atoms with van der Waals surface area (Å²) in [5.41, 5.74) is 0.426. The third-order valence-corrected chi connectivity index (χ3v) is 5.57. The Morgan fingerprint density at radius 1 is 1.46 bits per heavy atom. The van der Waals surface area contributed by atoms with Crippen molar-refractivity contribution in [2.75, 3.05) is 13.1 Å². The van der Waals surface area contributed by atoms with Crippen LogP contribution in [0.1, 0.15) is 44.3 Å². The number of aromatic nitrogens is 1. The molecule has 134 valence electrons. The van der Waals surface area contributed by atoms with Crippen LogP contribution < -0.4 is 10.6 Å². The number of hydrogen-bond acceptors (Lipinski definition) is 5. The van der Waals surface area contributed by atoms with E-state index in [4.69, 9.17) is 5.11 Å². The van der Waals surface area contributed by atoms with Gasteiger partial charge in [0.1, 0.15) is 5.01 Å². The maximum atomic E-state index is 12.2. The molecule has 0 aliphatic heterocycles. The van der Waals surface area contributed by atoms with Crippen molar-refractivity contribution in [3.05, 3.63) is 16.1 Å². The minimum absolute atomic E-state index is 0.0521. The molecule has 24 heavy (non-hydrogen) atoms. The van der Waals surface area contributed by atoms with Gasteiger partial charge in [-0.15, -0.1) is 11.3 Å². The van der Waals surface area contributed by atoms with Crippen LogP contribution in [0.5, 0.6) is 0 Å². The molecule has 1 saturated carbocycles. The van der Waals surface area contributed by atoms with Crippen molar-refractivity contribution in [1.82, 2.24) is 20.5 Å². The minimum atomic E-state index is -0.813. The Morgan fingerprint density at radius 3 is 2.62 bits per heavy atom. The molecule has 0 saturated heterocycles. The second-order valence-electron chi connectivity index (χ2n) is 6.80. The Hall–Kier alpha value is -1.67. The van der Waals surface area contributed by atoms with Gasteiger partial charge in [-0.05, 0) is 40.2 Å². The van der Waals surface area contributed by atoms with E-state index < -0.39 is 11.5 Å². The normalized spacial score (nSPS) is 20.5. The standard InChI is InChI=1S/C16H26N4O3S/c1-5-20(8-13(21)22)12-6-11(7-12)18-15(23)19-16(3,4)14-17-10(2)9-24-14/h9,11-12H,5-8H2,1-4H3,(H,21,22)(H2,18,19,23). The summed E-state index contributed by atoms with van der Waals surface area (Å²) in [7, 11) is 0. The number of nitrogens with one attached hydrogen (secondary N) is 2. The van der Waals surface area contributed by atoms with E-state index in [1.54, 1.807) is 0 Å². The van der Waals surface area contributed by atoms with Crippen LogP contribution in [0.25, 0.3) is 0 Å². The lowest BCUT2D eigenvalue weighted by atomic mass is 9.85. The van der Waals surface area contributed by atoms with E-state index in [-0.39, 0.29) is 24.7 Å². The van der Waals surface area contributed by atoms with Crippen molar-refractivity contribution in [1.29, 1.82) is 0 Å². The number of carbonyl (C=O) groups excluding carboxylic acids is 1. The Kier molecular flexibility index (Phi) is 5.82. The molecule has 1 aliphatic rings. The van der Waals surface area contributed by atoms with E-state index in [1.165, 1.54) is 11.3 Å². The summed E-state index contributed by atoms with van der Waals surface area (Å²) in [5.74, 6) is -0.813. The number of carboxylic acid groups (broad SMARTS) is 1. The lowest BCUT2D eigenvalue weighted by Crippen LogP contribution is -2.57. The fourth-order valence-corrected chi connectivity index (χ4v) is 3.75. The molecule has 1 aromatic rings. The monoisotopic (exact) mass is 354 g/mol. The van der Waals surface area contributed by atoms with Crippen LogP contribution in [0, 0.1) is 6.92 Å². The molecule has 2 rings (SSSR count). The number of urea groups is 1. The number of aliphatic carboxylic acids is 1. The number of nitrogens with zero attached hydrogens (tertiary/aromatic N) is 2. The molecule has 1 aromatic heterocycles. The second kappa shape index (κ2) is 7.48. The number of aryl methyl sites for hydroxylation is 1. The number of carboxylic acids is 1. The van der Waals surface area contributed by atoms with Gasteiger partial charge in [0, 0.05) is 23.2 Å². The molecule has 8 heteroatoms. The first-order chi connectivity index (χ1) is 11.2. The van der Waals surface area contributed by atoms with E-state index in [0.717, 1.165) is 23.5 Å². The summed E-state index contributed by atoms with van der Waals surface area (Å²) in [4.78, 5) is 29.4. The van der Waals surface area contributed by atoms with Gasteiger partial charge in [0.05, 0.1) is 12.1 Å². The molecule has 0 radical (unpaired) electrons. The van der Waals surface area contributed by atoms with Gasteiger partial charge in [-0.1, -0.05) is 6.92 Å². The van der Waals surface area contributed by atoms with Gasteiger partial charge in [0.2, 0.25) is 0 Å². The zero-order valence-corrected chi connectivity index (χ0v) is 15.4. The van der Waals surface area contributed by atoms with Crippen LogP contribution in [0.15, 0.2) is 5.38 Å². The average molecular weight is 354 g/mol.